The van der Waals surface area contributed by atoms with Crippen LogP contribution in [0.25, 0.3) is 11.5 Å². The molecule has 2 fully saturated rings. The molecule has 0 atom stereocenters. The van der Waals surface area contributed by atoms with Crippen LogP contribution in [-0.4, -0.2) is 53.3 Å². The summed E-state index contributed by atoms with van der Waals surface area (Å²) in [7, 11) is 0. The van der Waals surface area contributed by atoms with Crippen molar-refractivity contribution in [2.24, 2.45) is 5.92 Å². The number of piperidine rings is 1. The standard InChI is InChI=1S/C28H38F3N3O2/c1-21-25(32-27(36-21)23-9-11-24(12-10-23)28(29,30)31)20-34-18-13-22(14-19-34)26(35)8-4-7-17-33-15-5-2-3-6-16-33/h9-12,22H,2-8,13-20H2,1H3. The van der Waals surface area contributed by atoms with E-state index >= 15 is 0 Å². The molecule has 2 aliphatic rings. The zero-order valence-corrected chi connectivity index (χ0v) is 21.3. The number of halogens is 3. The van der Waals surface area contributed by atoms with Crippen molar-refractivity contribution in [2.75, 3.05) is 32.7 Å². The lowest BCUT2D eigenvalue weighted by molar-refractivity contribution is -0.137. The Morgan fingerprint density at radius 2 is 1.64 bits per heavy atom. The number of Topliss-reactive ketones (excluding diaryl/α,β-unsaturated/α-hetero) is 1. The molecule has 0 radical (unpaired) electrons. The van der Waals surface area contributed by atoms with Gasteiger partial charge in [0.1, 0.15) is 11.5 Å². The van der Waals surface area contributed by atoms with Crippen LogP contribution < -0.4 is 0 Å². The molecule has 4 rings (SSSR count). The van der Waals surface area contributed by atoms with Crippen molar-refractivity contribution < 1.29 is 22.4 Å². The Balaban J connectivity index is 1.20. The predicted octanol–water partition coefficient (Wildman–Crippen LogP) is 6.50. The van der Waals surface area contributed by atoms with E-state index in [1.165, 1.54) is 50.9 Å². The number of rotatable bonds is 9. The fourth-order valence-corrected chi connectivity index (χ4v) is 5.32. The lowest BCUT2D eigenvalue weighted by Gasteiger charge is -2.30. The second kappa shape index (κ2) is 12.4. The lowest BCUT2D eigenvalue weighted by Crippen LogP contribution is -2.36. The molecule has 1 aromatic heterocycles. The molecule has 0 unspecified atom stereocenters. The minimum absolute atomic E-state index is 0.153. The zero-order chi connectivity index (χ0) is 25.5. The number of hydrogen-bond acceptors (Lipinski definition) is 5. The fraction of sp³-hybridized carbons (Fsp3) is 0.643. The van der Waals surface area contributed by atoms with Crippen molar-refractivity contribution >= 4 is 5.78 Å². The number of oxazole rings is 1. The summed E-state index contributed by atoms with van der Waals surface area (Å²) in [4.78, 5) is 22.1. The first kappa shape index (κ1) is 26.9. The topological polar surface area (TPSA) is 49.6 Å². The van der Waals surface area contributed by atoms with Gasteiger partial charge in [0.2, 0.25) is 5.89 Å². The van der Waals surface area contributed by atoms with E-state index in [1.807, 2.05) is 6.92 Å². The van der Waals surface area contributed by atoms with Crippen molar-refractivity contribution in [3.8, 4) is 11.5 Å². The van der Waals surface area contributed by atoms with Crippen LogP contribution in [0.4, 0.5) is 13.2 Å². The summed E-state index contributed by atoms with van der Waals surface area (Å²) in [5.41, 5.74) is 0.630. The van der Waals surface area contributed by atoms with Gasteiger partial charge < -0.3 is 9.32 Å². The first-order chi connectivity index (χ1) is 17.3. The maximum atomic E-state index is 12.8. The van der Waals surface area contributed by atoms with Crippen molar-refractivity contribution in [3.05, 3.63) is 41.3 Å². The maximum Gasteiger partial charge on any atom is 0.416 e. The summed E-state index contributed by atoms with van der Waals surface area (Å²) in [5.74, 6) is 1.57. The monoisotopic (exact) mass is 505 g/mol. The van der Waals surface area contributed by atoms with Crippen LogP contribution in [0.5, 0.6) is 0 Å². The molecule has 0 aliphatic carbocycles. The molecular formula is C28H38F3N3O2. The molecule has 0 spiro atoms. The molecule has 2 aromatic rings. The SMILES string of the molecule is Cc1oc(-c2ccc(C(F)(F)F)cc2)nc1CN1CCC(C(=O)CCCCN2CCCCCC2)CC1. The van der Waals surface area contributed by atoms with Gasteiger partial charge in [-0.3, -0.25) is 9.69 Å². The predicted molar refractivity (Wildman–Crippen MR) is 133 cm³/mol. The van der Waals surface area contributed by atoms with E-state index in [0.717, 1.165) is 63.1 Å². The third kappa shape index (κ3) is 7.42. The molecule has 1 aromatic carbocycles. The van der Waals surface area contributed by atoms with Crippen LogP contribution in [-0.2, 0) is 17.5 Å². The molecule has 3 heterocycles. The number of aromatic nitrogens is 1. The van der Waals surface area contributed by atoms with Crippen molar-refractivity contribution in [1.82, 2.24) is 14.8 Å². The minimum Gasteiger partial charge on any atom is -0.441 e. The summed E-state index contributed by atoms with van der Waals surface area (Å²) in [5, 5.41) is 0. The third-order valence-corrected chi connectivity index (χ3v) is 7.61. The van der Waals surface area contributed by atoms with Gasteiger partial charge in [-0.1, -0.05) is 12.8 Å². The molecule has 0 N–H and O–H groups in total. The molecular weight excluding hydrogens is 467 g/mol. The highest BCUT2D eigenvalue weighted by molar-refractivity contribution is 5.81. The van der Waals surface area contributed by atoms with E-state index in [0.29, 0.717) is 36.0 Å². The average molecular weight is 506 g/mol. The molecule has 5 nitrogen and oxygen atoms in total. The van der Waals surface area contributed by atoms with Crippen LogP contribution in [0.2, 0.25) is 0 Å². The molecule has 0 saturated carbocycles. The van der Waals surface area contributed by atoms with E-state index in [9.17, 15) is 18.0 Å². The quantitative estimate of drug-likeness (QED) is 0.364. The molecule has 198 valence electrons. The smallest absolute Gasteiger partial charge is 0.416 e. The van der Waals surface area contributed by atoms with E-state index in [4.69, 9.17) is 4.42 Å². The normalized spacial score (nSPS) is 18.9. The Labute approximate surface area is 212 Å². The summed E-state index contributed by atoms with van der Waals surface area (Å²) in [6, 6.07) is 4.88. The van der Waals surface area contributed by atoms with Gasteiger partial charge in [0, 0.05) is 24.4 Å². The number of carbonyl (C=O) groups is 1. The number of unbranched alkanes of at least 4 members (excludes halogenated alkanes) is 1. The highest BCUT2D eigenvalue weighted by Gasteiger charge is 2.30. The van der Waals surface area contributed by atoms with Gasteiger partial charge in [-0.05, 0) is 102 Å². The van der Waals surface area contributed by atoms with Gasteiger partial charge in [0.15, 0.2) is 0 Å². The zero-order valence-electron chi connectivity index (χ0n) is 21.3. The van der Waals surface area contributed by atoms with Crippen LogP contribution in [0, 0.1) is 12.8 Å². The highest BCUT2D eigenvalue weighted by atomic mass is 19.4. The summed E-state index contributed by atoms with van der Waals surface area (Å²) >= 11 is 0. The number of alkyl halides is 3. The van der Waals surface area contributed by atoms with E-state index in [2.05, 4.69) is 14.8 Å². The lowest BCUT2D eigenvalue weighted by atomic mass is 9.90. The number of hydrogen-bond donors (Lipinski definition) is 0. The molecule has 2 aliphatic heterocycles. The van der Waals surface area contributed by atoms with Crippen LogP contribution >= 0.6 is 0 Å². The molecule has 0 bridgehead atoms. The molecule has 36 heavy (non-hydrogen) atoms. The number of carbonyl (C=O) groups excluding carboxylic acids is 1. The molecule has 8 heteroatoms. The van der Waals surface area contributed by atoms with E-state index in [-0.39, 0.29) is 5.92 Å². The maximum absolute atomic E-state index is 12.8. The van der Waals surface area contributed by atoms with Crippen LogP contribution in [0.1, 0.15) is 74.8 Å². The second-order valence-corrected chi connectivity index (χ2v) is 10.3. The number of benzene rings is 1. The Morgan fingerprint density at radius 3 is 2.28 bits per heavy atom. The third-order valence-electron chi connectivity index (χ3n) is 7.61. The second-order valence-electron chi connectivity index (χ2n) is 10.3. The van der Waals surface area contributed by atoms with Gasteiger partial charge in [-0.15, -0.1) is 0 Å². The van der Waals surface area contributed by atoms with Gasteiger partial charge in [0.25, 0.3) is 0 Å². The summed E-state index contributed by atoms with van der Waals surface area (Å²) in [6.07, 6.45) is 5.48. The van der Waals surface area contributed by atoms with Gasteiger partial charge >= 0.3 is 6.18 Å². The van der Waals surface area contributed by atoms with Crippen LogP contribution in [0.15, 0.2) is 28.7 Å². The van der Waals surface area contributed by atoms with Crippen molar-refractivity contribution in [1.29, 1.82) is 0 Å². The number of aryl methyl sites for hydroxylation is 1. The average Bonchev–Trinajstić information content (AvgIpc) is 3.05. The fourth-order valence-electron chi connectivity index (χ4n) is 5.32. The molecule has 2 saturated heterocycles. The Hall–Kier alpha value is -2.19. The Bertz CT molecular complexity index is 971. The highest BCUT2D eigenvalue weighted by Crippen LogP contribution is 2.31. The summed E-state index contributed by atoms with van der Waals surface area (Å²) < 4.78 is 44.2. The minimum atomic E-state index is -4.36. The number of nitrogens with zero attached hydrogens (tertiary/aromatic N) is 3. The Morgan fingerprint density at radius 1 is 0.972 bits per heavy atom. The van der Waals surface area contributed by atoms with Gasteiger partial charge in [-0.2, -0.15) is 13.2 Å². The first-order valence-electron chi connectivity index (χ1n) is 13.4. The number of likely N-dealkylation sites (tertiary alicyclic amines) is 2. The first-order valence-corrected chi connectivity index (χ1v) is 13.4. The van der Waals surface area contributed by atoms with Gasteiger partial charge in [-0.25, -0.2) is 4.98 Å². The molecule has 0 amide bonds. The number of ketones is 1. The van der Waals surface area contributed by atoms with Gasteiger partial charge in [0.05, 0.1) is 11.3 Å². The van der Waals surface area contributed by atoms with E-state index < -0.39 is 11.7 Å². The van der Waals surface area contributed by atoms with Crippen molar-refractivity contribution in [2.45, 2.75) is 77.4 Å². The van der Waals surface area contributed by atoms with E-state index in [1.54, 1.807) is 0 Å². The van der Waals surface area contributed by atoms with Crippen LogP contribution in [0.3, 0.4) is 0 Å². The Kier molecular flexibility index (Phi) is 9.23. The largest absolute Gasteiger partial charge is 0.441 e. The summed E-state index contributed by atoms with van der Waals surface area (Å²) in [6.45, 7) is 7.67. The van der Waals surface area contributed by atoms with Crippen molar-refractivity contribution in [3.63, 3.8) is 0 Å².